The molecule has 2 aliphatic heterocycles. The van der Waals surface area contributed by atoms with Gasteiger partial charge in [-0.25, -0.2) is 23.5 Å². The van der Waals surface area contributed by atoms with Crippen molar-refractivity contribution >= 4 is 35.3 Å². The van der Waals surface area contributed by atoms with E-state index < -0.39 is 29.6 Å². The second-order valence-electron chi connectivity index (χ2n) is 14.2. The normalized spacial score (nSPS) is 20.5. The number of aromatic nitrogens is 3. The average Bonchev–Trinajstić information content (AvgIpc) is 3.86. The van der Waals surface area contributed by atoms with Gasteiger partial charge < -0.3 is 24.4 Å². The highest BCUT2D eigenvalue weighted by atomic mass is 32.2. The minimum absolute atomic E-state index is 0.0954. The minimum atomic E-state index is -1.17. The number of hydrogen-bond acceptors (Lipinski definition) is 10. The highest BCUT2D eigenvalue weighted by molar-refractivity contribution is 7.99. The summed E-state index contributed by atoms with van der Waals surface area (Å²) in [6.45, 7) is 11.2. The molecule has 2 aliphatic rings. The van der Waals surface area contributed by atoms with Crippen LogP contribution in [0.3, 0.4) is 0 Å². The van der Waals surface area contributed by atoms with Crippen molar-refractivity contribution in [1.29, 1.82) is 0 Å². The van der Waals surface area contributed by atoms with Gasteiger partial charge in [-0.05, 0) is 80.1 Å². The van der Waals surface area contributed by atoms with Crippen LogP contribution in [0.4, 0.5) is 20.2 Å². The number of hydrazone groups is 1. The van der Waals surface area contributed by atoms with Gasteiger partial charge in [-0.1, -0.05) is 32.0 Å². The molecule has 0 spiro atoms. The molecule has 2 fully saturated rings. The first-order valence-electron chi connectivity index (χ1n) is 19.0. The molecule has 294 valence electrons. The Balaban J connectivity index is 0.985. The fraction of sp³-hybridized carbons (Fsp3) is 0.463. The van der Waals surface area contributed by atoms with Gasteiger partial charge in [-0.15, -0.1) is 11.8 Å². The van der Waals surface area contributed by atoms with E-state index in [0.29, 0.717) is 18.6 Å². The zero-order valence-electron chi connectivity index (χ0n) is 31.9. The van der Waals surface area contributed by atoms with E-state index in [4.69, 9.17) is 9.47 Å². The van der Waals surface area contributed by atoms with Crippen LogP contribution in [0.15, 0.2) is 89.4 Å². The van der Waals surface area contributed by atoms with Crippen LogP contribution in [-0.4, -0.2) is 94.0 Å². The van der Waals surface area contributed by atoms with Crippen LogP contribution in [0, 0.1) is 11.6 Å². The topological polar surface area (TPSA) is 109 Å². The van der Waals surface area contributed by atoms with Gasteiger partial charge in [0.05, 0.1) is 25.3 Å². The molecule has 2 saturated heterocycles. The van der Waals surface area contributed by atoms with Crippen molar-refractivity contribution in [2.24, 2.45) is 5.10 Å². The summed E-state index contributed by atoms with van der Waals surface area (Å²) in [5.74, 6) is -0.746. The van der Waals surface area contributed by atoms with E-state index in [1.54, 1.807) is 23.4 Å². The zero-order valence-corrected chi connectivity index (χ0v) is 32.7. The third-order valence-corrected chi connectivity index (χ3v) is 11.5. The number of piperazine rings is 1. The third kappa shape index (κ3) is 9.90. The van der Waals surface area contributed by atoms with Crippen LogP contribution in [0.2, 0.25) is 0 Å². The summed E-state index contributed by atoms with van der Waals surface area (Å²) in [7, 11) is 0. The molecular formula is C41H51F2N7O4S. The van der Waals surface area contributed by atoms with Crippen LogP contribution >= 0.6 is 11.8 Å². The smallest absolute Gasteiger partial charge is 0.239 e. The molecule has 0 aliphatic carbocycles. The summed E-state index contributed by atoms with van der Waals surface area (Å²) >= 11 is 1.60. The molecule has 0 bridgehead atoms. The van der Waals surface area contributed by atoms with Gasteiger partial charge in [0.2, 0.25) is 5.91 Å². The number of aliphatic hydroxyl groups is 1. The summed E-state index contributed by atoms with van der Waals surface area (Å²) in [6.07, 6.45) is 5.77. The fourth-order valence-electron chi connectivity index (χ4n) is 7.39. The van der Waals surface area contributed by atoms with Crippen molar-refractivity contribution in [3.05, 3.63) is 102 Å². The molecule has 1 N–H and O–H groups in total. The Kier molecular flexibility index (Phi) is 13.6. The number of thioether (sulfide) groups is 1. The molecule has 4 aromatic rings. The van der Waals surface area contributed by atoms with Crippen molar-refractivity contribution in [1.82, 2.24) is 19.8 Å². The zero-order chi connectivity index (χ0) is 39.0. The Hall–Kier alpha value is -4.37. The first kappa shape index (κ1) is 40.3. The lowest BCUT2D eigenvalue weighted by Crippen LogP contribution is -2.46. The molecule has 0 radical (unpaired) electrons. The molecule has 0 saturated carbocycles. The van der Waals surface area contributed by atoms with Gasteiger partial charge >= 0.3 is 0 Å². The van der Waals surface area contributed by atoms with E-state index >= 15 is 0 Å². The molecule has 5 atom stereocenters. The standard InChI is InChI=1S/C41H51F2N7O4S/c1-5-31(17-18-45-50(30(4)52)39(6-2)29(3)51)32-7-10-34(11-8-32)47-19-21-48(22-20-47)35-12-14-36(15-13-35)55-24-40-53-26-41(54-40,25-49-28-44-27-46-49)37-16-9-33(42)23-38(37)43/h7-16,18,23,27-29,31,39-40,51H,5-6,17,19-22,24-26H2,1-4H3. The van der Waals surface area contributed by atoms with Crippen molar-refractivity contribution in [2.75, 3.05) is 48.3 Å². The van der Waals surface area contributed by atoms with Crippen LogP contribution in [0.25, 0.3) is 0 Å². The Bertz CT molecular complexity index is 1860. The van der Waals surface area contributed by atoms with Gasteiger partial charge in [0.1, 0.15) is 29.9 Å². The van der Waals surface area contributed by atoms with Gasteiger partial charge in [0.15, 0.2) is 6.29 Å². The Morgan fingerprint density at radius 3 is 2.27 bits per heavy atom. The molecule has 14 heteroatoms. The first-order chi connectivity index (χ1) is 26.6. The van der Waals surface area contributed by atoms with Gasteiger partial charge in [-0.3, -0.25) is 4.79 Å². The summed E-state index contributed by atoms with van der Waals surface area (Å²) < 4.78 is 42.6. The Morgan fingerprint density at radius 2 is 1.71 bits per heavy atom. The van der Waals surface area contributed by atoms with Crippen molar-refractivity contribution in [3.63, 3.8) is 0 Å². The maximum Gasteiger partial charge on any atom is 0.239 e. The molecular weight excluding hydrogens is 725 g/mol. The quantitative estimate of drug-likeness (QED) is 0.0746. The van der Waals surface area contributed by atoms with Gasteiger partial charge in [-0.2, -0.15) is 10.2 Å². The number of benzene rings is 3. The number of anilines is 2. The molecule has 6 rings (SSSR count). The maximum atomic E-state index is 15.0. The van der Waals surface area contributed by atoms with E-state index in [1.165, 1.54) is 53.7 Å². The second kappa shape index (κ2) is 18.5. The Labute approximate surface area is 326 Å². The largest absolute Gasteiger partial charge is 0.391 e. The maximum absolute atomic E-state index is 15.0. The predicted molar refractivity (Wildman–Crippen MR) is 211 cm³/mol. The number of amides is 1. The van der Waals surface area contributed by atoms with E-state index in [9.17, 15) is 18.7 Å². The SMILES string of the molecule is CCC(CC=NN(C(C)=O)C(CC)C(C)O)c1ccc(N2CCN(c3ccc(SCC4OCC(Cn5cncn5)(c5ccc(F)cc5F)O4)cc3)CC2)cc1. The first-order valence-corrected chi connectivity index (χ1v) is 20.0. The van der Waals surface area contributed by atoms with Crippen LogP contribution < -0.4 is 9.80 Å². The number of ether oxygens (including phenoxy) is 2. The summed E-state index contributed by atoms with van der Waals surface area (Å²) in [6, 6.07) is 20.4. The highest BCUT2D eigenvalue weighted by Crippen LogP contribution is 2.39. The van der Waals surface area contributed by atoms with Crippen molar-refractivity contribution in [2.45, 2.75) is 88.4 Å². The Morgan fingerprint density at radius 1 is 1.04 bits per heavy atom. The monoisotopic (exact) mass is 775 g/mol. The van der Waals surface area contributed by atoms with E-state index in [-0.39, 0.29) is 36.6 Å². The predicted octanol–water partition coefficient (Wildman–Crippen LogP) is 6.82. The van der Waals surface area contributed by atoms with E-state index in [2.05, 4.69) is 80.4 Å². The number of halogens is 2. The third-order valence-electron chi connectivity index (χ3n) is 10.5. The molecule has 1 amide bonds. The van der Waals surface area contributed by atoms with Crippen molar-refractivity contribution in [3.8, 4) is 0 Å². The van der Waals surface area contributed by atoms with Crippen LogP contribution in [0.5, 0.6) is 0 Å². The summed E-state index contributed by atoms with van der Waals surface area (Å²) in [4.78, 5) is 22.1. The molecule has 55 heavy (non-hydrogen) atoms. The minimum Gasteiger partial charge on any atom is -0.391 e. The molecule has 3 heterocycles. The lowest BCUT2D eigenvalue weighted by Gasteiger charge is -2.37. The van der Waals surface area contributed by atoms with Gasteiger partial charge in [0, 0.05) is 73.0 Å². The van der Waals surface area contributed by atoms with Gasteiger partial charge in [0.25, 0.3) is 0 Å². The summed E-state index contributed by atoms with van der Waals surface area (Å²) in [5, 5.41) is 20.1. The van der Waals surface area contributed by atoms with Crippen molar-refractivity contribution < 1.29 is 28.2 Å². The van der Waals surface area contributed by atoms with Crippen LogP contribution in [-0.2, 0) is 26.4 Å². The fourth-order valence-corrected chi connectivity index (χ4v) is 8.21. The van der Waals surface area contributed by atoms with Crippen LogP contribution in [0.1, 0.15) is 64.0 Å². The van der Waals surface area contributed by atoms with E-state index in [1.807, 2.05) is 13.1 Å². The number of aliphatic hydroxyl groups excluding tert-OH is 1. The molecule has 1 aromatic heterocycles. The lowest BCUT2D eigenvalue weighted by atomic mass is 9.93. The second-order valence-corrected chi connectivity index (χ2v) is 15.3. The molecule has 11 nitrogen and oxygen atoms in total. The number of carbonyl (C=O) groups excluding carboxylic acids is 1. The number of carbonyl (C=O) groups is 1. The van der Waals surface area contributed by atoms with E-state index in [0.717, 1.165) is 43.6 Å². The average molecular weight is 776 g/mol. The summed E-state index contributed by atoms with van der Waals surface area (Å²) in [5.41, 5.74) is 2.66. The number of rotatable bonds is 16. The lowest BCUT2D eigenvalue weighted by molar-refractivity contribution is -0.133. The number of hydrogen-bond donors (Lipinski definition) is 1. The number of nitrogens with zero attached hydrogens (tertiary/aromatic N) is 7. The molecule has 5 unspecified atom stereocenters. The highest BCUT2D eigenvalue weighted by Gasteiger charge is 2.45. The molecule has 3 aromatic carbocycles.